The Morgan fingerprint density at radius 3 is 2.87 bits per heavy atom. The lowest BCUT2D eigenvalue weighted by molar-refractivity contribution is 0.555. The molecule has 2 rings (SSSR count). The summed E-state index contributed by atoms with van der Waals surface area (Å²) < 4.78 is 14.0. The monoisotopic (exact) mass is 271 g/mol. The second kappa shape index (κ2) is 4.52. The maximum atomic E-state index is 13.1. The summed E-state index contributed by atoms with van der Waals surface area (Å²) in [6.45, 7) is 2.25. The maximum absolute atomic E-state index is 13.1. The molecule has 3 heteroatoms. The number of nitrogens with one attached hydrogen (secondary N) is 1. The molecule has 1 aromatic rings. The molecule has 1 aliphatic rings. The zero-order chi connectivity index (χ0) is 10.8. The van der Waals surface area contributed by atoms with Gasteiger partial charge in [-0.05, 0) is 52.9 Å². The standard InChI is InChI=1S/C12H15BrFN/c1-8-3-2-4-11(8)15-12-7-9(14)5-6-10(12)13/h5-8,11,15H,2-4H2,1H3. The fourth-order valence-electron chi connectivity index (χ4n) is 2.17. The van der Waals surface area contributed by atoms with E-state index in [1.165, 1.54) is 25.3 Å². The summed E-state index contributed by atoms with van der Waals surface area (Å²) in [7, 11) is 0. The van der Waals surface area contributed by atoms with Crippen LogP contribution >= 0.6 is 15.9 Å². The molecule has 0 saturated heterocycles. The first kappa shape index (κ1) is 10.9. The van der Waals surface area contributed by atoms with Crippen molar-refractivity contribution in [2.75, 3.05) is 5.32 Å². The average Bonchev–Trinajstić information content (AvgIpc) is 2.58. The van der Waals surface area contributed by atoms with Crippen LogP contribution in [-0.2, 0) is 0 Å². The number of rotatable bonds is 2. The van der Waals surface area contributed by atoms with Crippen molar-refractivity contribution in [3.05, 3.63) is 28.5 Å². The quantitative estimate of drug-likeness (QED) is 0.851. The molecule has 0 aliphatic heterocycles. The summed E-state index contributed by atoms with van der Waals surface area (Å²) in [5.41, 5.74) is 0.869. The van der Waals surface area contributed by atoms with Gasteiger partial charge in [-0.15, -0.1) is 0 Å². The lowest BCUT2D eigenvalue weighted by Gasteiger charge is -2.19. The molecule has 1 saturated carbocycles. The minimum absolute atomic E-state index is 0.189. The molecule has 0 bridgehead atoms. The molecule has 1 nitrogen and oxygen atoms in total. The third-order valence-electron chi connectivity index (χ3n) is 3.13. The number of halogens is 2. The Balaban J connectivity index is 2.12. The van der Waals surface area contributed by atoms with Gasteiger partial charge in [-0.3, -0.25) is 0 Å². The van der Waals surface area contributed by atoms with Crippen LogP contribution in [0.15, 0.2) is 22.7 Å². The SMILES string of the molecule is CC1CCCC1Nc1cc(F)ccc1Br. The van der Waals surface area contributed by atoms with Gasteiger partial charge in [0.05, 0.1) is 5.69 Å². The molecular formula is C12H15BrFN. The largest absolute Gasteiger partial charge is 0.381 e. The number of benzene rings is 1. The zero-order valence-corrected chi connectivity index (χ0v) is 10.3. The van der Waals surface area contributed by atoms with E-state index in [1.54, 1.807) is 12.1 Å². The van der Waals surface area contributed by atoms with Crippen LogP contribution in [0.25, 0.3) is 0 Å². The number of hydrogen-bond acceptors (Lipinski definition) is 1. The van der Waals surface area contributed by atoms with E-state index >= 15 is 0 Å². The molecule has 0 radical (unpaired) electrons. The van der Waals surface area contributed by atoms with E-state index in [4.69, 9.17) is 0 Å². The first-order valence-corrected chi connectivity index (χ1v) is 6.17. The van der Waals surface area contributed by atoms with Crippen LogP contribution in [0.3, 0.4) is 0 Å². The summed E-state index contributed by atoms with van der Waals surface area (Å²) in [6, 6.07) is 5.25. The molecule has 0 spiro atoms. The van der Waals surface area contributed by atoms with Gasteiger partial charge >= 0.3 is 0 Å². The van der Waals surface area contributed by atoms with Crippen LogP contribution in [0, 0.1) is 11.7 Å². The minimum Gasteiger partial charge on any atom is -0.381 e. The second-order valence-corrected chi connectivity index (χ2v) is 5.14. The van der Waals surface area contributed by atoms with E-state index in [0.29, 0.717) is 12.0 Å². The average molecular weight is 272 g/mol. The van der Waals surface area contributed by atoms with Gasteiger partial charge in [0.15, 0.2) is 0 Å². The van der Waals surface area contributed by atoms with Crippen molar-refractivity contribution in [1.29, 1.82) is 0 Å². The van der Waals surface area contributed by atoms with Crippen molar-refractivity contribution in [3.8, 4) is 0 Å². The van der Waals surface area contributed by atoms with Gasteiger partial charge in [0.1, 0.15) is 5.82 Å². The van der Waals surface area contributed by atoms with Crippen molar-refractivity contribution in [2.45, 2.75) is 32.2 Å². The van der Waals surface area contributed by atoms with Crippen LogP contribution in [0.1, 0.15) is 26.2 Å². The van der Waals surface area contributed by atoms with Crippen molar-refractivity contribution in [2.24, 2.45) is 5.92 Å². The van der Waals surface area contributed by atoms with Crippen molar-refractivity contribution < 1.29 is 4.39 Å². The van der Waals surface area contributed by atoms with Gasteiger partial charge < -0.3 is 5.32 Å². The molecule has 1 aliphatic carbocycles. The van der Waals surface area contributed by atoms with Crippen LogP contribution in [0.4, 0.5) is 10.1 Å². The highest BCUT2D eigenvalue weighted by Crippen LogP contribution is 2.31. The lowest BCUT2D eigenvalue weighted by Crippen LogP contribution is -2.22. The molecule has 0 heterocycles. The van der Waals surface area contributed by atoms with Gasteiger partial charge in [-0.1, -0.05) is 13.3 Å². The van der Waals surface area contributed by atoms with E-state index in [9.17, 15) is 4.39 Å². The molecule has 1 N–H and O–H groups in total. The Bertz CT molecular complexity index is 353. The molecular weight excluding hydrogens is 257 g/mol. The molecule has 1 aromatic carbocycles. The van der Waals surface area contributed by atoms with Gasteiger partial charge in [0, 0.05) is 10.5 Å². The second-order valence-electron chi connectivity index (χ2n) is 4.28. The van der Waals surface area contributed by atoms with Gasteiger partial charge in [0.2, 0.25) is 0 Å². The molecule has 2 unspecified atom stereocenters. The van der Waals surface area contributed by atoms with E-state index < -0.39 is 0 Å². The Morgan fingerprint density at radius 2 is 2.20 bits per heavy atom. The summed E-state index contributed by atoms with van der Waals surface area (Å²) in [5.74, 6) is 0.492. The highest BCUT2D eigenvalue weighted by molar-refractivity contribution is 9.10. The van der Waals surface area contributed by atoms with E-state index in [2.05, 4.69) is 28.2 Å². The summed E-state index contributed by atoms with van der Waals surface area (Å²) in [6.07, 6.45) is 3.72. The predicted molar refractivity (Wildman–Crippen MR) is 64.5 cm³/mol. The lowest BCUT2D eigenvalue weighted by atomic mass is 10.1. The zero-order valence-electron chi connectivity index (χ0n) is 8.76. The fraction of sp³-hybridized carbons (Fsp3) is 0.500. The third-order valence-corrected chi connectivity index (χ3v) is 3.82. The van der Waals surface area contributed by atoms with Crippen LogP contribution in [0.5, 0.6) is 0 Å². The fourth-order valence-corrected chi connectivity index (χ4v) is 2.53. The first-order chi connectivity index (χ1) is 7.16. The summed E-state index contributed by atoms with van der Waals surface area (Å²) in [4.78, 5) is 0. The highest BCUT2D eigenvalue weighted by atomic mass is 79.9. The molecule has 0 amide bonds. The topological polar surface area (TPSA) is 12.0 Å². The summed E-state index contributed by atoms with van der Waals surface area (Å²) >= 11 is 3.43. The Morgan fingerprint density at radius 1 is 1.40 bits per heavy atom. The van der Waals surface area contributed by atoms with Gasteiger partial charge in [0.25, 0.3) is 0 Å². The van der Waals surface area contributed by atoms with Crippen LogP contribution in [-0.4, -0.2) is 6.04 Å². The maximum Gasteiger partial charge on any atom is 0.125 e. The van der Waals surface area contributed by atoms with E-state index in [-0.39, 0.29) is 5.82 Å². The Kier molecular flexibility index (Phi) is 3.29. The normalized spacial score (nSPS) is 25.5. The highest BCUT2D eigenvalue weighted by Gasteiger charge is 2.23. The minimum atomic E-state index is -0.189. The Hall–Kier alpha value is -0.570. The predicted octanol–water partition coefficient (Wildman–Crippen LogP) is 4.19. The number of anilines is 1. The van der Waals surface area contributed by atoms with E-state index in [0.717, 1.165) is 10.2 Å². The van der Waals surface area contributed by atoms with Gasteiger partial charge in [-0.2, -0.15) is 0 Å². The molecule has 15 heavy (non-hydrogen) atoms. The van der Waals surface area contributed by atoms with Gasteiger partial charge in [-0.25, -0.2) is 4.39 Å². The van der Waals surface area contributed by atoms with Crippen molar-refractivity contribution in [3.63, 3.8) is 0 Å². The van der Waals surface area contributed by atoms with Crippen molar-refractivity contribution >= 4 is 21.6 Å². The van der Waals surface area contributed by atoms with Crippen molar-refractivity contribution in [1.82, 2.24) is 0 Å². The third kappa shape index (κ3) is 2.51. The molecule has 0 aromatic heterocycles. The molecule has 1 fully saturated rings. The van der Waals surface area contributed by atoms with Crippen LogP contribution < -0.4 is 5.32 Å². The summed E-state index contributed by atoms with van der Waals surface area (Å²) in [5, 5.41) is 3.41. The number of hydrogen-bond donors (Lipinski definition) is 1. The van der Waals surface area contributed by atoms with Crippen LogP contribution in [0.2, 0.25) is 0 Å². The van der Waals surface area contributed by atoms with E-state index in [1.807, 2.05) is 0 Å². The first-order valence-electron chi connectivity index (χ1n) is 5.38. The molecule has 2 atom stereocenters. The Labute approximate surface area is 98.2 Å². The smallest absolute Gasteiger partial charge is 0.125 e. The molecule has 82 valence electrons.